The van der Waals surface area contributed by atoms with Crippen LogP contribution < -0.4 is 0 Å². The first kappa shape index (κ1) is 8.19. The lowest BCUT2D eigenvalue weighted by molar-refractivity contribution is 1.41. The average Bonchev–Trinajstić information content (AvgIpc) is 3.00. The van der Waals surface area contributed by atoms with Gasteiger partial charge < -0.3 is 0 Å². The molecule has 2 heteroatoms. The van der Waals surface area contributed by atoms with Crippen LogP contribution in [0.3, 0.4) is 0 Å². The molecule has 15 heavy (non-hydrogen) atoms. The molecule has 1 aliphatic heterocycles. The summed E-state index contributed by atoms with van der Waals surface area (Å²) in [5.41, 5.74) is 5.48. The molecule has 70 valence electrons. The Balaban J connectivity index is 2.23. The minimum Gasteiger partial charge on any atom is -0.261 e. The van der Waals surface area contributed by atoms with Gasteiger partial charge in [0.15, 0.2) is 0 Å². The third-order valence-corrected chi connectivity index (χ3v) is 2.67. The maximum absolute atomic E-state index is 8.85. The van der Waals surface area contributed by atoms with E-state index in [1.807, 2.05) is 36.6 Å². The highest BCUT2D eigenvalue weighted by molar-refractivity contribution is 5.93. The van der Waals surface area contributed by atoms with E-state index >= 15 is 0 Å². The number of benzene rings is 1. The van der Waals surface area contributed by atoms with Gasteiger partial charge in [-0.05, 0) is 34.9 Å². The lowest BCUT2D eigenvalue weighted by Crippen LogP contribution is -1.85. The molecule has 0 saturated heterocycles. The predicted octanol–water partition coefficient (Wildman–Crippen LogP) is 2.77. The van der Waals surface area contributed by atoms with E-state index in [4.69, 9.17) is 5.26 Å². The van der Waals surface area contributed by atoms with Gasteiger partial charge in [0.2, 0.25) is 0 Å². The first-order chi connectivity index (χ1) is 7.38. The first-order valence-corrected chi connectivity index (χ1v) is 4.86. The summed E-state index contributed by atoms with van der Waals surface area (Å²) in [5.74, 6) is 0. The SMILES string of the molecule is N#Cc1ccc2c(c1)C1=C(C1)N=C/C=C\2. The lowest BCUT2D eigenvalue weighted by atomic mass is 10.0. The van der Waals surface area contributed by atoms with Crippen molar-refractivity contribution in [1.29, 1.82) is 5.26 Å². The highest BCUT2D eigenvalue weighted by Crippen LogP contribution is 2.43. The van der Waals surface area contributed by atoms with Crippen molar-refractivity contribution >= 4 is 17.9 Å². The molecule has 0 saturated carbocycles. The number of allylic oxidation sites excluding steroid dienone is 3. The maximum Gasteiger partial charge on any atom is 0.0991 e. The summed E-state index contributed by atoms with van der Waals surface area (Å²) in [6.07, 6.45) is 6.75. The van der Waals surface area contributed by atoms with Gasteiger partial charge in [-0.3, -0.25) is 4.99 Å². The fraction of sp³-hybridized carbons (Fsp3) is 0.0769. The average molecular weight is 192 g/mol. The molecule has 1 aromatic carbocycles. The summed E-state index contributed by atoms with van der Waals surface area (Å²) in [6, 6.07) is 7.96. The normalized spacial score (nSPS) is 18.3. The summed E-state index contributed by atoms with van der Waals surface area (Å²) in [7, 11) is 0. The zero-order chi connectivity index (χ0) is 10.3. The Kier molecular flexibility index (Phi) is 1.60. The van der Waals surface area contributed by atoms with Crippen LogP contribution in [0.25, 0.3) is 11.6 Å². The Morgan fingerprint density at radius 3 is 3.13 bits per heavy atom. The zero-order valence-corrected chi connectivity index (χ0v) is 8.07. The Morgan fingerprint density at radius 1 is 1.33 bits per heavy atom. The number of aliphatic imine (C=N–C) groups is 1. The van der Waals surface area contributed by atoms with Crippen LogP contribution in [0, 0.1) is 11.3 Å². The molecule has 0 radical (unpaired) electrons. The topological polar surface area (TPSA) is 36.1 Å². The molecule has 0 bridgehead atoms. The van der Waals surface area contributed by atoms with Crippen LogP contribution in [0.1, 0.15) is 23.1 Å². The van der Waals surface area contributed by atoms with E-state index in [1.54, 1.807) is 0 Å². The van der Waals surface area contributed by atoms with Gasteiger partial charge in [0, 0.05) is 18.3 Å². The lowest BCUT2D eigenvalue weighted by Gasteiger charge is -2.02. The van der Waals surface area contributed by atoms with Gasteiger partial charge in [-0.15, -0.1) is 0 Å². The minimum atomic E-state index is 0.713. The molecule has 0 unspecified atom stereocenters. The van der Waals surface area contributed by atoms with Gasteiger partial charge >= 0.3 is 0 Å². The number of hydrogen-bond donors (Lipinski definition) is 0. The van der Waals surface area contributed by atoms with Crippen LogP contribution >= 0.6 is 0 Å². The number of hydrogen-bond acceptors (Lipinski definition) is 2. The van der Waals surface area contributed by atoms with Gasteiger partial charge in [-0.2, -0.15) is 5.26 Å². The van der Waals surface area contributed by atoms with Gasteiger partial charge in [0.05, 0.1) is 11.6 Å². The van der Waals surface area contributed by atoms with Gasteiger partial charge in [0.1, 0.15) is 0 Å². The van der Waals surface area contributed by atoms with Crippen molar-refractivity contribution in [2.45, 2.75) is 6.42 Å². The fourth-order valence-electron chi connectivity index (χ4n) is 1.81. The van der Waals surface area contributed by atoms with Crippen LogP contribution in [0.4, 0.5) is 0 Å². The zero-order valence-electron chi connectivity index (χ0n) is 8.07. The molecule has 0 atom stereocenters. The fourth-order valence-corrected chi connectivity index (χ4v) is 1.81. The molecule has 1 aliphatic carbocycles. The summed E-state index contributed by atoms with van der Waals surface area (Å²) >= 11 is 0. The van der Waals surface area contributed by atoms with Crippen molar-refractivity contribution < 1.29 is 0 Å². The molecule has 0 aromatic heterocycles. The van der Waals surface area contributed by atoms with Crippen LogP contribution in [-0.2, 0) is 0 Å². The van der Waals surface area contributed by atoms with E-state index in [1.165, 1.54) is 11.1 Å². The van der Waals surface area contributed by atoms with Gasteiger partial charge in [-0.1, -0.05) is 12.1 Å². The minimum absolute atomic E-state index is 0.713. The van der Waals surface area contributed by atoms with Crippen molar-refractivity contribution in [1.82, 2.24) is 0 Å². The summed E-state index contributed by atoms with van der Waals surface area (Å²) < 4.78 is 0. The van der Waals surface area contributed by atoms with E-state index < -0.39 is 0 Å². The Bertz CT molecular complexity index is 569. The predicted molar refractivity (Wildman–Crippen MR) is 60.2 cm³/mol. The number of nitriles is 1. The third kappa shape index (κ3) is 1.29. The van der Waals surface area contributed by atoms with Crippen molar-refractivity contribution in [3.05, 3.63) is 46.7 Å². The number of rotatable bonds is 0. The standard InChI is InChI=1S/C13H8N2/c14-8-9-3-4-10-2-1-5-15-13-7-12(13)11(10)6-9/h1-6H,7H2/b2-1-,5-1?,10-2?,12-11?,15-5?,15-13?. The number of fused-ring (bicyclic) bond motifs is 2. The molecular weight excluding hydrogens is 184 g/mol. The van der Waals surface area contributed by atoms with E-state index in [2.05, 4.69) is 11.1 Å². The van der Waals surface area contributed by atoms with Crippen molar-refractivity contribution in [3.63, 3.8) is 0 Å². The van der Waals surface area contributed by atoms with Crippen LogP contribution in [0.5, 0.6) is 0 Å². The second kappa shape index (κ2) is 2.93. The third-order valence-electron chi connectivity index (χ3n) is 2.67. The molecule has 2 nitrogen and oxygen atoms in total. The molecule has 2 aliphatic rings. The van der Waals surface area contributed by atoms with E-state index in [0.29, 0.717) is 5.56 Å². The molecule has 0 fully saturated rings. The second-order valence-electron chi connectivity index (χ2n) is 3.65. The molecule has 1 aromatic rings. The Hall–Kier alpha value is -2.14. The van der Waals surface area contributed by atoms with Crippen molar-refractivity contribution in [3.8, 4) is 6.07 Å². The van der Waals surface area contributed by atoms with E-state index in [0.717, 1.165) is 17.7 Å². The molecule has 3 rings (SSSR count). The van der Waals surface area contributed by atoms with Crippen molar-refractivity contribution in [2.75, 3.05) is 0 Å². The highest BCUT2D eigenvalue weighted by atomic mass is 14.8. The van der Waals surface area contributed by atoms with Gasteiger partial charge in [-0.25, -0.2) is 0 Å². The Morgan fingerprint density at radius 2 is 2.27 bits per heavy atom. The molecule has 0 N–H and O–H groups in total. The summed E-state index contributed by atoms with van der Waals surface area (Å²) in [4.78, 5) is 4.30. The van der Waals surface area contributed by atoms with Gasteiger partial charge in [0.25, 0.3) is 0 Å². The smallest absolute Gasteiger partial charge is 0.0991 e. The van der Waals surface area contributed by atoms with Crippen LogP contribution in [0.15, 0.2) is 35.0 Å². The van der Waals surface area contributed by atoms with E-state index in [-0.39, 0.29) is 0 Å². The highest BCUT2D eigenvalue weighted by Gasteiger charge is 2.24. The number of nitrogens with zero attached hydrogens (tertiary/aromatic N) is 2. The maximum atomic E-state index is 8.85. The first-order valence-electron chi connectivity index (χ1n) is 4.86. The molecule has 0 spiro atoms. The van der Waals surface area contributed by atoms with Crippen LogP contribution in [0.2, 0.25) is 0 Å². The summed E-state index contributed by atoms with van der Waals surface area (Å²) in [6.45, 7) is 0. The molecule has 0 amide bonds. The second-order valence-corrected chi connectivity index (χ2v) is 3.65. The molecule has 1 heterocycles. The largest absolute Gasteiger partial charge is 0.261 e. The monoisotopic (exact) mass is 192 g/mol. The Labute approximate surface area is 87.9 Å². The quantitative estimate of drug-likeness (QED) is 0.622. The van der Waals surface area contributed by atoms with Crippen molar-refractivity contribution in [2.24, 2.45) is 4.99 Å². The molecular formula is C13H8N2. The summed E-state index contributed by atoms with van der Waals surface area (Å²) in [5, 5.41) is 8.85. The van der Waals surface area contributed by atoms with Crippen LogP contribution in [-0.4, -0.2) is 6.21 Å². The van der Waals surface area contributed by atoms with E-state index in [9.17, 15) is 0 Å².